The molecule has 2 aliphatic rings. The highest BCUT2D eigenvalue weighted by atomic mass is 14.5. The minimum atomic E-state index is 0.696. The van der Waals surface area contributed by atoms with Gasteiger partial charge in [0.15, 0.2) is 0 Å². The van der Waals surface area contributed by atoms with Crippen molar-refractivity contribution in [3.05, 3.63) is 0 Å². The molecule has 0 aromatic rings. The van der Waals surface area contributed by atoms with Crippen molar-refractivity contribution in [2.45, 2.75) is 52.9 Å². The van der Waals surface area contributed by atoms with E-state index in [1.165, 1.54) is 25.7 Å². The third-order valence-electron chi connectivity index (χ3n) is 4.76. The summed E-state index contributed by atoms with van der Waals surface area (Å²) in [6, 6.07) is 0. The Morgan fingerprint density at radius 3 is 2.58 bits per heavy atom. The van der Waals surface area contributed by atoms with Crippen molar-refractivity contribution in [3.8, 4) is 0 Å². The van der Waals surface area contributed by atoms with Gasteiger partial charge >= 0.3 is 0 Å². The molecule has 0 saturated heterocycles. The molecule has 0 radical (unpaired) electrons. The second-order valence-corrected chi connectivity index (χ2v) is 5.59. The molecule has 0 aromatic carbocycles. The van der Waals surface area contributed by atoms with Gasteiger partial charge in [-0.05, 0) is 42.4 Å². The SMILES string of the molecule is CC(C)C1(C)CC2CCCC1C2. The molecular formula is C12H22. The van der Waals surface area contributed by atoms with Gasteiger partial charge in [0.1, 0.15) is 0 Å². The van der Waals surface area contributed by atoms with Crippen LogP contribution in [0.1, 0.15) is 52.9 Å². The first-order valence-corrected chi connectivity index (χ1v) is 5.63. The maximum Gasteiger partial charge on any atom is -0.0272 e. The number of fused-ring (bicyclic) bond motifs is 2. The van der Waals surface area contributed by atoms with E-state index < -0.39 is 0 Å². The fraction of sp³-hybridized carbons (Fsp3) is 1.00. The van der Waals surface area contributed by atoms with E-state index in [4.69, 9.17) is 0 Å². The largest absolute Gasteiger partial charge is 0.0622 e. The maximum atomic E-state index is 2.54. The minimum absolute atomic E-state index is 0.696. The fourth-order valence-corrected chi connectivity index (χ4v) is 3.57. The Morgan fingerprint density at radius 1 is 1.25 bits per heavy atom. The third-order valence-corrected chi connectivity index (χ3v) is 4.76. The van der Waals surface area contributed by atoms with E-state index in [0.29, 0.717) is 5.41 Å². The number of hydrogen-bond acceptors (Lipinski definition) is 0. The summed E-state index contributed by atoms with van der Waals surface area (Å²) in [5, 5.41) is 0. The molecule has 3 atom stereocenters. The van der Waals surface area contributed by atoms with Crippen molar-refractivity contribution in [2.75, 3.05) is 0 Å². The smallest absolute Gasteiger partial charge is 0.0272 e. The molecule has 0 aromatic heterocycles. The predicted octanol–water partition coefficient (Wildman–Crippen LogP) is 3.86. The van der Waals surface area contributed by atoms with E-state index in [1.807, 2.05) is 0 Å². The summed E-state index contributed by atoms with van der Waals surface area (Å²) in [6.45, 7) is 7.37. The predicted molar refractivity (Wildman–Crippen MR) is 53.0 cm³/mol. The van der Waals surface area contributed by atoms with E-state index in [9.17, 15) is 0 Å². The van der Waals surface area contributed by atoms with Crippen LogP contribution in [0.4, 0.5) is 0 Å². The second-order valence-electron chi connectivity index (χ2n) is 5.59. The molecule has 2 saturated carbocycles. The molecule has 0 nitrogen and oxygen atoms in total. The topological polar surface area (TPSA) is 0 Å². The fourth-order valence-electron chi connectivity index (χ4n) is 3.57. The van der Waals surface area contributed by atoms with Crippen molar-refractivity contribution < 1.29 is 0 Å². The van der Waals surface area contributed by atoms with E-state index in [1.54, 1.807) is 6.42 Å². The molecule has 0 heteroatoms. The van der Waals surface area contributed by atoms with Crippen LogP contribution in [0.3, 0.4) is 0 Å². The summed E-state index contributed by atoms with van der Waals surface area (Å²) < 4.78 is 0. The normalized spacial score (nSPS) is 47.0. The summed E-state index contributed by atoms with van der Waals surface area (Å²) in [5.41, 5.74) is 0.696. The van der Waals surface area contributed by atoms with Crippen molar-refractivity contribution in [1.82, 2.24) is 0 Å². The highest BCUT2D eigenvalue weighted by Crippen LogP contribution is 2.56. The van der Waals surface area contributed by atoms with E-state index in [0.717, 1.165) is 17.8 Å². The zero-order valence-electron chi connectivity index (χ0n) is 8.77. The summed E-state index contributed by atoms with van der Waals surface area (Å²) in [6.07, 6.45) is 7.63. The molecule has 0 heterocycles. The van der Waals surface area contributed by atoms with Crippen LogP contribution in [-0.2, 0) is 0 Å². The Balaban J connectivity index is 2.17. The number of hydrogen-bond donors (Lipinski definition) is 0. The molecule has 3 unspecified atom stereocenters. The zero-order valence-corrected chi connectivity index (χ0v) is 8.77. The lowest BCUT2D eigenvalue weighted by atomic mass is 9.70. The summed E-state index contributed by atoms with van der Waals surface area (Å²) in [7, 11) is 0. The Kier molecular flexibility index (Phi) is 1.97. The van der Waals surface area contributed by atoms with Gasteiger partial charge in [-0.15, -0.1) is 0 Å². The van der Waals surface area contributed by atoms with Gasteiger partial charge in [-0.2, -0.15) is 0 Å². The number of rotatable bonds is 1. The lowest BCUT2D eigenvalue weighted by molar-refractivity contribution is 0.142. The van der Waals surface area contributed by atoms with Gasteiger partial charge in [0, 0.05) is 0 Å². The molecular weight excluding hydrogens is 144 g/mol. The highest BCUT2D eigenvalue weighted by molar-refractivity contribution is 4.96. The first kappa shape index (κ1) is 8.59. The van der Waals surface area contributed by atoms with Gasteiger partial charge in [-0.1, -0.05) is 33.6 Å². The molecule has 12 heavy (non-hydrogen) atoms. The van der Waals surface area contributed by atoms with Crippen LogP contribution in [0.25, 0.3) is 0 Å². The maximum absolute atomic E-state index is 2.54. The van der Waals surface area contributed by atoms with Crippen LogP contribution in [0.5, 0.6) is 0 Å². The first-order valence-electron chi connectivity index (χ1n) is 5.63. The summed E-state index contributed by atoms with van der Waals surface area (Å²) in [5.74, 6) is 3.05. The second kappa shape index (κ2) is 2.75. The van der Waals surface area contributed by atoms with Crippen molar-refractivity contribution in [3.63, 3.8) is 0 Å². The first-order chi connectivity index (χ1) is 5.63. The average Bonchev–Trinajstić information content (AvgIpc) is 2.25. The Morgan fingerprint density at radius 2 is 2.00 bits per heavy atom. The van der Waals surface area contributed by atoms with E-state index in [-0.39, 0.29) is 0 Å². The summed E-state index contributed by atoms with van der Waals surface area (Å²) >= 11 is 0. The molecule has 0 spiro atoms. The van der Waals surface area contributed by atoms with Crippen LogP contribution < -0.4 is 0 Å². The Labute approximate surface area is 76.7 Å². The Bertz CT molecular complexity index is 171. The van der Waals surface area contributed by atoms with Crippen LogP contribution >= 0.6 is 0 Å². The van der Waals surface area contributed by atoms with Crippen LogP contribution in [0.15, 0.2) is 0 Å². The summed E-state index contributed by atoms with van der Waals surface area (Å²) in [4.78, 5) is 0. The average molecular weight is 166 g/mol. The molecule has 2 aliphatic carbocycles. The lowest BCUT2D eigenvalue weighted by Gasteiger charge is -2.35. The van der Waals surface area contributed by atoms with Gasteiger partial charge < -0.3 is 0 Å². The van der Waals surface area contributed by atoms with Gasteiger partial charge in [0.25, 0.3) is 0 Å². The van der Waals surface area contributed by atoms with Gasteiger partial charge in [-0.25, -0.2) is 0 Å². The molecule has 0 aliphatic heterocycles. The van der Waals surface area contributed by atoms with Gasteiger partial charge in [0.05, 0.1) is 0 Å². The molecule has 2 fully saturated rings. The molecule has 2 rings (SSSR count). The lowest BCUT2D eigenvalue weighted by Crippen LogP contribution is -2.27. The highest BCUT2D eigenvalue weighted by Gasteiger charge is 2.46. The van der Waals surface area contributed by atoms with Crippen molar-refractivity contribution in [1.29, 1.82) is 0 Å². The van der Waals surface area contributed by atoms with Crippen LogP contribution in [0.2, 0.25) is 0 Å². The standard InChI is InChI=1S/C12H22/c1-9(2)12(3)8-10-5-4-6-11(12)7-10/h9-11H,4-8H2,1-3H3. The molecule has 0 N–H and O–H groups in total. The van der Waals surface area contributed by atoms with Crippen LogP contribution in [0, 0.1) is 23.2 Å². The van der Waals surface area contributed by atoms with Crippen LogP contribution in [-0.4, -0.2) is 0 Å². The van der Waals surface area contributed by atoms with E-state index in [2.05, 4.69) is 20.8 Å². The molecule has 0 amide bonds. The monoisotopic (exact) mass is 166 g/mol. The van der Waals surface area contributed by atoms with Crippen molar-refractivity contribution >= 4 is 0 Å². The van der Waals surface area contributed by atoms with Gasteiger partial charge in [0.2, 0.25) is 0 Å². The van der Waals surface area contributed by atoms with Gasteiger partial charge in [-0.3, -0.25) is 0 Å². The Hall–Kier alpha value is 0. The zero-order chi connectivity index (χ0) is 8.77. The molecule has 2 bridgehead atoms. The molecule has 70 valence electrons. The third kappa shape index (κ3) is 1.11. The quantitative estimate of drug-likeness (QED) is 0.555. The minimum Gasteiger partial charge on any atom is -0.0622 e. The van der Waals surface area contributed by atoms with Crippen molar-refractivity contribution in [2.24, 2.45) is 23.2 Å². The van der Waals surface area contributed by atoms with E-state index >= 15 is 0 Å².